The molecule has 0 spiro atoms. The van der Waals surface area contributed by atoms with Crippen molar-refractivity contribution in [3.63, 3.8) is 0 Å². The molecular weight excluding hydrogens is 188 g/mol. The number of nitrogens with one attached hydrogen (secondary N) is 1. The predicted molar refractivity (Wildman–Crippen MR) is 62.2 cm³/mol. The van der Waals surface area contributed by atoms with Gasteiger partial charge in [-0.1, -0.05) is 34.1 Å². The van der Waals surface area contributed by atoms with E-state index in [0.717, 1.165) is 30.8 Å². The first-order valence-electron chi connectivity index (χ1n) is 5.54. The van der Waals surface area contributed by atoms with E-state index in [9.17, 15) is 4.79 Å². The number of nitrogens with zero attached hydrogens (tertiary/aromatic N) is 1. The molecule has 0 aromatic carbocycles. The quantitative estimate of drug-likeness (QED) is 0.829. The van der Waals surface area contributed by atoms with Crippen LogP contribution < -0.4 is 5.56 Å². The van der Waals surface area contributed by atoms with Crippen LogP contribution in [0.5, 0.6) is 0 Å². The summed E-state index contributed by atoms with van der Waals surface area (Å²) in [5.74, 6) is 0.814. The van der Waals surface area contributed by atoms with Crippen LogP contribution in [0, 0.1) is 0 Å². The Morgan fingerprint density at radius 2 is 2.07 bits per heavy atom. The summed E-state index contributed by atoms with van der Waals surface area (Å²) in [7, 11) is 0. The molecule has 0 aliphatic rings. The normalized spacial score (nSPS) is 11.7. The minimum absolute atomic E-state index is 0.0407. The van der Waals surface area contributed by atoms with Gasteiger partial charge >= 0.3 is 0 Å². The number of unbranched alkanes of at least 4 members (excludes halogenated alkanes) is 1. The third kappa shape index (κ3) is 3.50. The van der Waals surface area contributed by atoms with E-state index >= 15 is 0 Å². The van der Waals surface area contributed by atoms with Gasteiger partial charge in [0.1, 0.15) is 5.82 Å². The molecule has 1 heterocycles. The Hall–Kier alpha value is -1.12. The minimum atomic E-state index is -0.0603. The van der Waals surface area contributed by atoms with E-state index in [4.69, 9.17) is 0 Å². The highest BCUT2D eigenvalue weighted by Crippen LogP contribution is 2.18. The summed E-state index contributed by atoms with van der Waals surface area (Å²) in [6, 6.07) is 1.59. The molecule has 0 aliphatic heterocycles. The fourth-order valence-corrected chi connectivity index (χ4v) is 1.35. The molecule has 0 saturated carbocycles. The Labute approximate surface area is 91.0 Å². The summed E-state index contributed by atoms with van der Waals surface area (Å²) in [6.45, 7) is 8.33. The predicted octanol–water partition coefficient (Wildman–Crippen LogP) is 2.41. The smallest absolute Gasteiger partial charge is 0.251 e. The van der Waals surface area contributed by atoms with Gasteiger partial charge in [0.05, 0.1) is 5.69 Å². The molecule has 15 heavy (non-hydrogen) atoms. The van der Waals surface area contributed by atoms with E-state index in [1.54, 1.807) is 6.07 Å². The van der Waals surface area contributed by atoms with Gasteiger partial charge in [-0.05, 0) is 6.42 Å². The fourth-order valence-electron chi connectivity index (χ4n) is 1.35. The molecule has 0 atom stereocenters. The second-order valence-corrected chi connectivity index (χ2v) is 4.93. The van der Waals surface area contributed by atoms with E-state index in [2.05, 4.69) is 37.7 Å². The van der Waals surface area contributed by atoms with E-state index in [1.165, 1.54) is 0 Å². The Bertz CT molecular complexity index is 374. The molecular formula is C12H20N2O. The van der Waals surface area contributed by atoms with E-state index in [-0.39, 0.29) is 11.0 Å². The van der Waals surface area contributed by atoms with Crippen molar-refractivity contribution < 1.29 is 0 Å². The standard InChI is InChI=1S/C12H20N2O/c1-5-6-7-10-13-9(12(2,3)4)8-11(15)14-10/h8H,5-7H2,1-4H3,(H,13,14,15). The van der Waals surface area contributed by atoms with Gasteiger partial charge in [0.25, 0.3) is 5.56 Å². The van der Waals surface area contributed by atoms with Crippen LogP contribution in [-0.2, 0) is 11.8 Å². The van der Waals surface area contributed by atoms with Crippen LogP contribution in [0.25, 0.3) is 0 Å². The molecule has 0 fully saturated rings. The molecule has 3 heteroatoms. The first kappa shape index (κ1) is 12.0. The maximum absolute atomic E-state index is 11.4. The number of aromatic nitrogens is 2. The molecule has 0 saturated heterocycles. The molecule has 1 aromatic rings. The molecule has 0 amide bonds. The highest BCUT2D eigenvalue weighted by Gasteiger charge is 2.16. The van der Waals surface area contributed by atoms with Gasteiger partial charge in [0, 0.05) is 17.9 Å². The third-order valence-corrected chi connectivity index (χ3v) is 2.33. The fraction of sp³-hybridized carbons (Fsp3) is 0.667. The lowest BCUT2D eigenvalue weighted by Crippen LogP contribution is -2.21. The number of aromatic amines is 1. The monoisotopic (exact) mass is 208 g/mol. The number of rotatable bonds is 3. The molecule has 0 bridgehead atoms. The van der Waals surface area contributed by atoms with E-state index in [1.807, 2.05) is 0 Å². The minimum Gasteiger partial charge on any atom is -0.311 e. The SMILES string of the molecule is CCCCc1nc(C(C)(C)C)cc(=O)[nH]1. The van der Waals surface area contributed by atoms with E-state index < -0.39 is 0 Å². The largest absolute Gasteiger partial charge is 0.311 e. The second kappa shape index (κ2) is 4.60. The van der Waals surface area contributed by atoms with Crippen LogP contribution in [0.2, 0.25) is 0 Å². The third-order valence-electron chi connectivity index (χ3n) is 2.33. The lowest BCUT2D eigenvalue weighted by molar-refractivity contribution is 0.558. The average molecular weight is 208 g/mol. The van der Waals surface area contributed by atoms with Crippen molar-refractivity contribution in [1.82, 2.24) is 9.97 Å². The molecule has 3 nitrogen and oxygen atoms in total. The van der Waals surface area contributed by atoms with E-state index in [0.29, 0.717) is 0 Å². The first-order chi connectivity index (χ1) is 6.93. The zero-order chi connectivity index (χ0) is 11.5. The van der Waals surface area contributed by atoms with Gasteiger partial charge in [-0.3, -0.25) is 4.79 Å². The summed E-state index contributed by atoms with van der Waals surface area (Å²) in [5.41, 5.74) is 0.772. The first-order valence-corrected chi connectivity index (χ1v) is 5.54. The lowest BCUT2D eigenvalue weighted by atomic mass is 9.92. The molecule has 84 valence electrons. The number of hydrogen-bond acceptors (Lipinski definition) is 2. The summed E-state index contributed by atoms with van der Waals surface area (Å²) in [5, 5.41) is 0. The van der Waals surface area contributed by atoms with Gasteiger partial charge in [-0.2, -0.15) is 0 Å². The van der Waals surface area contributed by atoms with Crippen LogP contribution in [0.1, 0.15) is 52.1 Å². The van der Waals surface area contributed by atoms with Crippen molar-refractivity contribution >= 4 is 0 Å². The van der Waals surface area contributed by atoms with Crippen molar-refractivity contribution in [2.75, 3.05) is 0 Å². The summed E-state index contributed by atoms with van der Waals surface area (Å²) in [6.07, 6.45) is 3.04. The van der Waals surface area contributed by atoms with Crippen LogP contribution in [0.3, 0.4) is 0 Å². The molecule has 0 aliphatic carbocycles. The Morgan fingerprint density at radius 3 is 2.60 bits per heavy atom. The topological polar surface area (TPSA) is 45.8 Å². The van der Waals surface area contributed by atoms with Crippen LogP contribution in [0.4, 0.5) is 0 Å². The van der Waals surface area contributed by atoms with Crippen molar-refractivity contribution in [2.24, 2.45) is 0 Å². The van der Waals surface area contributed by atoms with Gasteiger partial charge in [0.15, 0.2) is 0 Å². The zero-order valence-electron chi connectivity index (χ0n) is 10.1. The summed E-state index contributed by atoms with van der Waals surface area (Å²) >= 11 is 0. The van der Waals surface area contributed by atoms with Crippen LogP contribution in [-0.4, -0.2) is 9.97 Å². The summed E-state index contributed by atoms with van der Waals surface area (Å²) < 4.78 is 0. The highest BCUT2D eigenvalue weighted by atomic mass is 16.1. The van der Waals surface area contributed by atoms with Gasteiger partial charge in [0.2, 0.25) is 0 Å². The highest BCUT2D eigenvalue weighted by molar-refractivity contribution is 5.12. The van der Waals surface area contributed by atoms with Crippen LogP contribution >= 0.6 is 0 Å². The average Bonchev–Trinajstić information content (AvgIpc) is 2.12. The van der Waals surface area contributed by atoms with Gasteiger partial charge in [-0.15, -0.1) is 0 Å². The second-order valence-electron chi connectivity index (χ2n) is 4.93. The molecule has 0 unspecified atom stereocenters. The van der Waals surface area contributed by atoms with Gasteiger partial charge in [-0.25, -0.2) is 4.98 Å². The Balaban J connectivity index is 3.01. The van der Waals surface area contributed by atoms with Crippen molar-refractivity contribution in [2.45, 2.75) is 52.4 Å². The Morgan fingerprint density at radius 1 is 1.40 bits per heavy atom. The number of hydrogen-bond donors (Lipinski definition) is 1. The molecule has 1 rings (SSSR count). The van der Waals surface area contributed by atoms with Crippen molar-refractivity contribution in [3.05, 3.63) is 27.9 Å². The Kier molecular flexibility index (Phi) is 3.66. The summed E-state index contributed by atoms with van der Waals surface area (Å²) in [4.78, 5) is 18.7. The van der Waals surface area contributed by atoms with Crippen LogP contribution in [0.15, 0.2) is 10.9 Å². The zero-order valence-corrected chi connectivity index (χ0v) is 10.1. The number of H-pyrrole nitrogens is 1. The van der Waals surface area contributed by atoms with Crippen molar-refractivity contribution in [3.8, 4) is 0 Å². The van der Waals surface area contributed by atoms with Gasteiger partial charge < -0.3 is 4.98 Å². The molecule has 0 radical (unpaired) electrons. The van der Waals surface area contributed by atoms with Crippen molar-refractivity contribution in [1.29, 1.82) is 0 Å². The molecule has 1 N–H and O–H groups in total. The maximum atomic E-state index is 11.4. The number of aryl methyl sites for hydroxylation is 1. The lowest BCUT2D eigenvalue weighted by Gasteiger charge is -2.17. The molecule has 1 aromatic heterocycles. The maximum Gasteiger partial charge on any atom is 0.251 e.